The molecular weight excluding hydrogens is 594 g/mol. The van der Waals surface area contributed by atoms with Crippen molar-refractivity contribution in [1.29, 1.82) is 0 Å². The number of pyridine rings is 1. The average molecular weight is 636 g/mol. The number of nitrogens with zero attached hydrogens (tertiary/aromatic N) is 2. The van der Waals surface area contributed by atoms with Gasteiger partial charge in [0.2, 0.25) is 0 Å². The van der Waals surface area contributed by atoms with Crippen LogP contribution >= 0.6 is 0 Å². The Bertz CT molecular complexity index is 1620. The smallest absolute Gasteiger partial charge is 0.253 e. The van der Waals surface area contributed by atoms with E-state index in [4.69, 9.17) is 18.9 Å². The van der Waals surface area contributed by atoms with Gasteiger partial charge in [0.15, 0.2) is 12.1 Å². The summed E-state index contributed by atoms with van der Waals surface area (Å²) in [5.74, 6) is -0.552. The second kappa shape index (κ2) is 14.4. The summed E-state index contributed by atoms with van der Waals surface area (Å²) in [4.78, 5) is 19.0. The van der Waals surface area contributed by atoms with Gasteiger partial charge in [-0.25, -0.2) is 0 Å². The molecule has 3 fully saturated rings. The fourth-order valence-electron chi connectivity index (χ4n) is 6.66. The van der Waals surface area contributed by atoms with Crippen molar-refractivity contribution in [3.05, 3.63) is 125 Å². The Morgan fingerprint density at radius 3 is 2.36 bits per heavy atom. The maximum Gasteiger partial charge on any atom is 0.253 e. The van der Waals surface area contributed by atoms with Crippen LogP contribution in [0.15, 0.2) is 97.3 Å². The van der Waals surface area contributed by atoms with Gasteiger partial charge in [0, 0.05) is 63.4 Å². The first-order valence-electron chi connectivity index (χ1n) is 16.4. The number of amides is 1. The van der Waals surface area contributed by atoms with E-state index in [1.807, 2.05) is 36.4 Å². The minimum absolute atomic E-state index is 0.0132. The zero-order chi connectivity index (χ0) is 32.1. The lowest BCUT2D eigenvalue weighted by Gasteiger charge is -2.41. The molecule has 244 valence electrons. The van der Waals surface area contributed by atoms with Crippen molar-refractivity contribution in [2.45, 2.75) is 56.7 Å². The number of hydrogen-bond acceptors (Lipinski definition) is 8. The summed E-state index contributed by atoms with van der Waals surface area (Å²) in [6.45, 7) is 4.41. The van der Waals surface area contributed by atoms with Crippen LogP contribution in [0.4, 0.5) is 0 Å². The molecule has 3 saturated heterocycles. The predicted molar refractivity (Wildman–Crippen MR) is 176 cm³/mol. The zero-order valence-corrected chi connectivity index (χ0v) is 26.4. The predicted octanol–water partition coefficient (Wildman–Crippen LogP) is 5.56. The SMILES string of the molecule is O=C(NCc1cccc(-c2ccc([C@@H]3O[C@H](CN4CCC5(CC4)OCCO5)C[C@H](c4ccc(CO)cc4)O3)cc2)c1)c1cccnc1. The molecule has 9 nitrogen and oxygen atoms in total. The number of aliphatic hydroxyl groups excluding tert-OH is 1. The van der Waals surface area contributed by atoms with E-state index >= 15 is 0 Å². The number of carbonyl (C=O) groups is 1. The number of carbonyl (C=O) groups excluding carboxylic acids is 1. The van der Waals surface area contributed by atoms with Gasteiger partial charge in [-0.1, -0.05) is 66.7 Å². The lowest BCUT2D eigenvalue weighted by molar-refractivity contribution is -0.255. The third-order valence-electron chi connectivity index (χ3n) is 9.33. The van der Waals surface area contributed by atoms with Gasteiger partial charge in [0.05, 0.1) is 37.6 Å². The van der Waals surface area contributed by atoms with Crippen molar-refractivity contribution in [3.63, 3.8) is 0 Å². The van der Waals surface area contributed by atoms with Gasteiger partial charge in [-0.2, -0.15) is 0 Å². The van der Waals surface area contributed by atoms with Crippen LogP contribution in [0.2, 0.25) is 0 Å². The molecule has 3 aliphatic heterocycles. The second-order valence-corrected chi connectivity index (χ2v) is 12.5. The van der Waals surface area contributed by atoms with E-state index in [0.29, 0.717) is 25.3 Å². The highest BCUT2D eigenvalue weighted by Crippen LogP contribution is 2.39. The molecule has 4 heterocycles. The number of aliphatic hydroxyl groups is 1. The van der Waals surface area contributed by atoms with Crippen LogP contribution in [0.1, 0.15) is 64.3 Å². The highest BCUT2D eigenvalue weighted by molar-refractivity contribution is 5.93. The molecule has 0 aliphatic carbocycles. The van der Waals surface area contributed by atoms with Crippen LogP contribution in [-0.4, -0.2) is 65.6 Å². The Morgan fingerprint density at radius 1 is 0.872 bits per heavy atom. The molecule has 4 aromatic rings. The normalized spacial score (nSPS) is 22.7. The van der Waals surface area contributed by atoms with Crippen molar-refractivity contribution in [2.75, 3.05) is 32.8 Å². The summed E-state index contributed by atoms with van der Waals surface area (Å²) in [6, 6.07) is 28.0. The van der Waals surface area contributed by atoms with E-state index in [9.17, 15) is 9.90 Å². The van der Waals surface area contributed by atoms with Crippen LogP contribution < -0.4 is 5.32 Å². The van der Waals surface area contributed by atoms with Crippen LogP contribution in [0.5, 0.6) is 0 Å². The summed E-state index contributed by atoms with van der Waals surface area (Å²) in [7, 11) is 0. The molecule has 1 aromatic heterocycles. The van der Waals surface area contributed by atoms with Gasteiger partial charge in [-0.3, -0.25) is 9.78 Å². The molecule has 0 saturated carbocycles. The Balaban J connectivity index is 1.03. The molecule has 7 rings (SSSR count). The Labute approximate surface area is 275 Å². The molecule has 9 heteroatoms. The standard InChI is InChI=1S/C38H41N3O6/c42-26-27-6-8-30(9-7-27)35-22-34(25-41-17-14-38(15-18-41)44-19-20-45-38)46-37(47-35)31-12-10-29(11-13-31)32-4-1-3-28(21-32)23-40-36(43)33-5-2-16-39-24-33/h1-13,16,21,24,34-35,37,42H,14-15,17-20,22-23,25-26H2,(H,40,43)/t34-,35+,37+/m0/s1. The molecule has 2 N–H and O–H groups in total. The summed E-state index contributed by atoms with van der Waals surface area (Å²) in [5.41, 5.74) is 6.59. The molecule has 0 bridgehead atoms. The first kappa shape index (κ1) is 31.6. The third-order valence-corrected chi connectivity index (χ3v) is 9.33. The Hall–Kier alpha value is -3.96. The molecule has 47 heavy (non-hydrogen) atoms. The van der Waals surface area contributed by atoms with Gasteiger partial charge < -0.3 is 34.3 Å². The Morgan fingerprint density at radius 2 is 1.64 bits per heavy atom. The molecular formula is C38H41N3O6. The number of benzene rings is 3. The van der Waals surface area contributed by atoms with Crippen molar-refractivity contribution < 1.29 is 28.8 Å². The molecule has 1 amide bonds. The number of hydrogen-bond donors (Lipinski definition) is 2. The average Bonchev–Trinajstić information content (AvgIpc) is 3.60. The quantitative estimate of drug-likeness (QED) is 0.247. The first-order valence-corrected chi connectivity index (χ1v) is 16.4. The van der Waals surface area contributed by atoms with E-state index in [2.05, 4.69) is 51.6 Å². The van der Waals surface area contributed by atoms with Crippen molar-refractivity contribution in [3.8, 4) is 11.1 Å². The van der Waals surface area contributed by atoms with Gasteiger partial charge in [-0.15, -0.1) is 0 Å². The second-order valence-electron chi connectivity index (χ2n) is 12.5. The summed E-state index contributed by atoms with van der Waals surface area (Å²) in [6.07, 6.45) is 5.02. The number of likely N-dealkylation sites (tertiary alicyclic amines) is 1. The number of aromatic nitrogens is 1. The van der Waals surface area contributed by atoms with Crippen molar-refractivity contribution >= 4 is 5.91 Å². The van der Waals surface area contributed by atoms with Crippen LogP contribution in [0.25, 0.3) is 11.1 Å². The van der Waals surface area contributed by atoms with E-state index in [1.54, 1.807) is 24.5 Å². The molecule has 3 aliphatic rings. The van der Waals surface area contributed by atoms with Gasteiger partial charge in [0.25, 0.3) is 5.91 Å². The third kappa shape index (κ3) is 7.62. The largest absolute Gasteiger partial charge is 0.392 e. The van der Waals surface area contributed by atoms with Crippen molar-refractivity contribution in [1.82, 2.24) is 15.2 Å². The number of ether oxygens (including phenoxy) is 4. The Kier molecular flexibility index (Phi) is 9.71. The minimum Gasteiger partial charge on any atom is -0.392 e. The van der Waals surface area contributed by atoms with E-state index in [-0.39, 0.29) is 24.7 Å². The fraction of sp³-hybridized carbons (Fsp3) is 0.368. The molecule has 0 radical (unpaired) electrons. The lowest BCUT2D eigenvalue weighted by Crippen LogP contribution is -2.48. The summed E-state index contributed by atoms with van der Waals surface area (Å²) in [5, 5.41) is 12.5. The number of rotatable bonds is 9. The summed E-state index contributed by atoms with van der Waals surface area (Å²) >= 11 is 0. The zero-order valence-electron chi connectivity index (χ0n) is 26.4. The summed E-state index contributed by atoms with van der Waals surface area (Å²) < 4.78 is 25.1. The maximum absolute atomic E-state index is 12.5. The number of nitrogens with one attached hydrogen (secondary N) is 1. The topological polar surface area (TPSA) is 102 Å². The van der Waals surface area contributed by atoms with Crippen LogP contribution in [-0.2, 0) is 32.1 Å². The first-order chi connectivity index (χ1) is 23.1. The number of piperidine rings is 1. The van der Waals surface area contributed by atoms with Crippen LogP contribution in [0.3, 0.4) is 0 Å². The van der Waals surface area contributed by atoms with Crippen LogP contribution in [0, 0.1) is 0 Å². The molecule has 3 atom stereocenters. The maximum atomic E-state index is 12.5. The minimum atomic E-state index is -0.517. The molecule has 0 unspecified atom stereocenters. The monoisotopic (exact) mass is 635 g/mol. The highest BCUT2D eigenvalue weighted by Gasteiger charge is 2.41. The van der Waals surface area contributed by atoms with Crippen molar-refractivity contribution in [2.24, 2.45) is 0 Å². The van der Waals surface area contributed by atoms with Gasteiger partial charge >= 0.3 is 0 Å². The molecule has 1 spiro atoms. The lowest BCUT2D eigenvalue weighted by atomic mass is 9.98. The van der Waals surface area contributed by atoms with E-state index in [1.165, 1.54) is 0 Å². The van der Waals surface area contributed by atoms with E-state index in [0.717, 1.165) is 72.3 Å². The highest BCUT2D eigenvalue weighted by atomic mass is 16.7. The fourth-order valence-corrected chi connectivity index (χ4v) is 6.66. The van der Waals surface area contributed by atoms with E-state index < -0.39 is 12.1 Å². The van der Waals surface area contributed by atoms with Gasteiger partial charge in [-0.05, 0) is 46.0 Å². The molecule has 3 aromatic carbocycles. The van der Waals surface area contributed by atoms with Gasteiger partial charge in [0.1, 0.15) is 0 Å².